The van der Waals surface area contributed by atoms with Crippen molar-refractivity contribution in [2.45, 2.75) is 0 Å². The van der Waals surface area contributed by atoms with E-state index in [0.717, 1.165) is 0 Å². The Morgan fingerprint density at radius 1 is 2.00 bits per heavy atom. The second-order valence-electron chi connectivity index (χ2n) is 1.25. The van der Waals surface area contributed by atoms with Gasteiger partial charge in [-0.05, 0) is 0 Å². The molecule has 0 saturated heterocycles. The van der Waals surface area contributed by atoms with E-state index >= 15 is 0 Å². The molecule has 1 heterocycles. The Bertz CT molecular complexity index is 232. The van der Waals surface area contributed by atoms with Crippen molar-refractivity contribution in [2.75, 3.05) is 0 Å². The predicted octanol–water partition coefficient (Wildman–Crippen LogP) is 0.923. The summed E-state index contributed by atoms with van der Waals surface area (Å²) in [5.74, 6) is 0. The molecule has 0 aliphatic carbocycles. The van der Waals surface area contributed by atoms with Crippen molar-refractivity contribution in [1.82, 2.24) is 4.98 Å². The summed E-state index contributed by atoms with van der Waals surface area (Å²) in [5, 5.41) is 9.95. The number of nitrogens with one attached hydrogen (secondary N) is 1. The molecule has 4 heteroatoms. The van der Waals surface area contributed by atoms with Gasteiger partial charge in [-0.1, -0.05) is 0 Å². The number of nitro groups is 1. The fourth-order valence-corrected chi connectivity index (χ4v) is 0.384. The fourth-order valence-electron chi connectivity index (χ4n) is 0.384. The SMILES string of the molecule is [2H]c1[nH]ccc1[N+](=O)[O-]. The molecule has 1 N–H and O–H groups in total. The van der Waals surface area contributed by atoms with E-state index in [1.807, 2.05) is 0 Å². The number of hydrogen-bond donors (Lipinski definition) is 1. The van der Waals surface area contributed by atoms with Crippen LogP contribution in [-0.4, -0.2) is 9.91 Å². The molecule has 42 valence electrons. The lowest BCUT2D eigenvalue weighted by Crippen LogP contribution is -1.82. The molecule has 0 saturated carbocycles. The van der Waals surface area contributed by atoms with E-state index < -0.39 is 4.92 Å². The maximum absolute atomic E-state index is 9.95. The number of rotatable bonds is 1. The monoisotopic (exact) mass is 113 g/mol. The molecule has 0 fully saturated rings. The van der Waals surface area contributed by atoms with E-state index in [4.69, 9.17) is 1.37 Å². The molecule has 1 aromatic heterocycles. The van der Waals surface area contributed by atoms with Gasteiger partial charge in [-0.2, -0.15) is 0 Å². The zero-order valence-corrected chi connectivity index (χ0v) is 3.92. The molecule has 1 aromatic rings. The van der Waals surface area contributed by atoms with Crippen LogP contribution >= 0.6 is 0 Å². The lowest BCUT2D eigenvalue weighted by Gasteiger charge is -1.77. The first-order chi connectivity index (χ1) is 4.22. The Labute approximate surface area is 46.7 Å². The van der Waals surface area contributed by atoms with E-state index in [1.165, 1.54) is 12.3 Å². The first-order valence-corrected chi connectivity index (χ1v) is 2.00. The third-order valence-corrected chi connectivity index (χ3v) is 0.721. The topological polar surface area (TPSA) is 58.9 Å². The van der Waals surface area contributed by atoms with Gasteiger partial charge in [0.25, 0.3) is 5.69 Å². The van der Waals surface area contributed by atoms with Crippen LogP contribution in [0.25, 0.3) is 0 Å². The minimum absolute atomic E-state index is 0.153. The lowest BCUT2D eigenvalue weighted by atomic mass is 10.6. The second kappa shape index (κ2) is 1.65. The normalized spacial score (nSPS) is 10.8. The summed E-state index contributed by atoms with van der Waals surface area (Å²) in [4.78, 5) is 11.7. The van der Waals surface area contributed by atoms with Gasteiger partial charge in [0.05, 0.1) is 12.5 Å². The average Bonchev–Trinajstić information content (AvgIpc) is 2.13. The van der Waals surface area contributed by atoms with Crippen molar-refractivity contribution in [2.24, 2.45) is 0 Å². The van der Waals surface area contributed by atoms with Crippen LogP contribution in [0.2, 0.25) is 0 Å². The van der Waals surface area contributed by atoms with Crippen molar-refractivity contribution >= 4 is 5.69 Å². The van der Waals surface area contributed by atoms with Crippen LogP contribution in [0.5, 0.6) is 0 Å². The maximum Gasteiger partial charge on any atom is 0.286 e. The summed E-state index contributed by atoms with van der Waals surface area (Å²) in [6, 6.07) is 1.25. The third-order valence-electron chi connectivity index (χ3n) is 0.721. The van der Waals surface area contributed by atoms with Crippen LogP contribution in [0.3, 0.4) is 0 Å². The van der Waals surface area contributed by atoms with E-state index in [0.29, 0.717) is 0 Å². The van der Waals surface area contributed by atoms with Crippen LogP contribution in [0.4, 0.5) is 5.69 Å². The largest absolute Gasteiger partial charge is 0.362 e. The first-order valence-electron chi connectivity index (χ1n) is 2.50. The molecule has 0 aromatic carbocycles. The Morgan fingerprint density at radius 2 is 2.75 bits per heavy atom. The zero-order valence-electron chi connectivity index (χ0n) is 4.92. The molecular weight excluding hydrogens is 108 g/mol. The third kappa shape index (κ3) is 0.676. The average molecular weight is 113 g/mol. The predicted molar refractivity (Wildman–Crippen MR) is 27.4 cm³/mol. The number of nitrogens with zero attached hydrogens (tertiary/aromatic N) is 1. The van der Waals surface area contributed by atoms with Gasteiger partial charge in [0.15, 0.2) is 0 Å². The van der Waals surface area contributed by atoms with Crippen LogP contribution in [0, 0.1) is 10.1 Å². The van der Waals surface area contributed by atoms with Crippen molar-refractivity contribution < 1.29 is 6.29 Å². The molecule has 0 aliphatic heterocycles. The van der Waals surface area contributed by atoms with Gasteiger partial charge in [-0.25, -0.2) is 0 Å². The van der Waals surface area contributed by atoms with Gasteiger partial charge in [0, 0.05) is 12.3 Å². The number of H-pyrrole nitrogens is 1. The number of hydrogen-bond acceptors (Lipinski definition) is 2. The van der Waals surface area contributed by atoms with Crippen LogP contribution in [-0.2, 0) is 0 Å². The summed E-state index contributed by atoms with van der Waals surface area (Å²) < 4.78 is 6.88. The molecular formula is C4H4N2O2. The summed E-state index contributed by atoms with van der Waals surface area (Å²) in [7, 11) is 0. The Morgan fingerprint density at radius 3 is 3.00 bits per heavy atom. The van der Waals surface area contributed by atoms with Gasteiger partial charge in [0.2, 0.25) is 0 Å². The van der Waals surface area contributed by atoms with Gasteiger partial charge in [-0.15, -0.1) is 0 Å². The molecule has 1 rings (SSSR count). The summed E-state index contributed by atoms with van der Waals surface area (Å²) >= 11 is 0. The summed E-state index contributed by atoms with van der Waals surface area (Å²) in [6.07, 6.45) is 1.21. The van der Waals surface area contributed by atoms with E-state index in [1.54, 1.807) is 0 Å². The van der Waals surface area contributed by atoms with Crippen LogP contribution in [0.1, 0.15) is 1.37 Å². The molecule has 0 atom stereocenters. The lowest BCUT2D eigenvalue weighted by molar-refractivity contribution is -0.384. The van der Waals surface area contributed by atoms with E-state index in [-0.39, 0.29) is 11.9 Å². The summed E-state index contributed by atoms with van der Waals surface area (Å²) in [6.45, 7) is 0. The molecule has 0 unspecified atom stereocenters. The molecule has 0 radical (unpaired) electrons. The fraction of sp³-hybridized carbons (Fsp3) is 0. The van der Waals surface area contributed by atoms with Gasteiger partial charge in [0.1, 0.15) is 0 Å². The molecule has 4 nitrogen and oxygen atoms in total. The minimum Gasteiger partial charge on any atom is -0.362 e. The highest BCUT2D eigenvalue weighted by molar-refractivity contribution is 5.23. The van der Waals surface area contributed by atoms with Gasteiger partial charge < -0.3 is 4.98 Å². The van der Waals surface area contributed by atoms with Crippen molar-refractivity contribution in [1.29, 1.82) is 0 Å². The second-order valence-corrected chi connectivity index (χ2v) is 1.25. The molecule has 0 amide bonds. The molecule has 0 aliphatic rings. The number of aromatic nitrogens is 1. The number of aromatic amines is 1. The van der Waals surface area contributed by atoms with E-state index in [2.05, 4.69) is 4.98 Å². The van der Waals surface area contributed by atoms with Crippen LogP contribution < -0.4 is 0 Å². The van der Waals surface area contributed by atoms with Crippen molar-refractivity contribution in [3.05, 3.63) is 28.6 Å². The highest BCUT2D eigenvalue weighted by Gasteiger charge is 2.00. The van der Waals surface area contributed by atoms with Crippen molar-refractivity contribution in [3.63, 3.8) is 0 Å². The van der Waals surface area contributed by atoms with Crippen LogP contribution in [0.15, 0.2) is 18.4 Å². The zero-order chi connectivity index (χ0) is 6.85. The quantitative estimate of drug-likeness (QED) is 0.435. The van der Waals surface area contributed by atoms with Gasteiger partial charge in [-0.3, -0.25) is 10.1 Å². The standard InChI is InChI=1S/C4H4N2O2/c7-6(8)4-1-2-5-3-4/h1-3,5H/i3D. The molecule has 8 heavy (non-hydrogen) atoms. The van der Waals surface area contributed by atoms with Crippen molar-refractivity contribution in [3.8, 4) is 0 Å². The Kier molecular flexibility index (Phi) is 0.754. The first kappa shape index (κ1) is 3.65. The summed E-state index contributed by atoms with van der Waals surface area (Å²) in [5.41, 5.74) is -0.185. The Hall–Kier alpha value is -1.32. The highest BCUT2D eigenvalue weighted by atomic mass is 16.6. The molecule has 0 spiro atoms. The Balaban J connectivity index is 3.08. The highest BCUT2D eigenvalue weighted by Crippen LogP contribution is 2.05. The minimum atomic E-state index is -0.598. The smallest absolute Gasteiger partial charge is 0.286 e. The van der Waals surface area contributed by atoms with E-state index in [9.17, 15) is 10.1 Å². The van der Waals surface area contributed by atoms with Gasteiger partial charge >= 0.3 is 0 Å². The molecule has 0 bridgehead atoms. The maximum atomic E-state index is 9.95.